The minimum Gasteiger partial charge on any atom is -0.102 e. The molecule has 2 aromatic carbocycles. The zero-order valence-corrected chi connectivity index (χ0v) is 12.1. The molecule has 0 N–H and O–H groups in total. The van der Waals surface area contributed by atoms with Gasteiger partial charge in [-0.3, -0.25) is 0 Å². The van der Waals surface area contributed by atoms with Gasteiger partial charge in [0.15, 0.2) is 0 Å². The van der Waals surface area contributed by atoms with Gasteiger partial charge in [-0.15, -0.1) is 6.58 Å². The molecule has 0 aliphatic heterocycles. The lowest BCUT2D eigenvalue weighted by atomic mass is 10.1. The average Bonchev–Trinajstić information content (AvgIpc) is 2.98. The van der Waals surface area contributed by atoms with E-state index in [1.807, 2.05) is 6.08 Å². The predicted octanol–water partition coefficient (Wildman–Crippen LogP) is 4.04. The van der Waals surface area contributed by atoms with E-state index >= 15 is 0 Å². The van der Waals surface area contributed by atoms with Crippen molar-refractivity contribution in [3.05, 3.63) is 104 Å². The maximum absolute atomic E-state index is 3.94. The van der Waals surface area contributed by atoms with Crippen molar-refractivity contribution in [2.24, 2.45) is 0 Å². The quantitative estimate of drug-likeness (QED) is 0.739. The molecule has 1 fully saturated rings. The van der Waals surface area contributed by atoms with E-state index in [1.54, 1.807) is 0 Å². The Kier molecular flexibility index (Phi) is 4.33. The van der Waals surface area contributed by atoms with E-state index in [0.29, 0.717) is 0 Å². The van der Waals surface area contributed by atoms with Crippen molar-refractivity contribution in [2.75, 3.05) is 0 Å². The first kappa shape index (κ1) is 13.6. The molecule has 1 aliphatic rings. The van der Waals surface area contributed by atoms with Gasteiger partial charge in [0.2, 0.25) is 0 Å². The predicted molar refractivity (Wildman–Crippen MR) is 88.7 cm³/mol. The third-order valence-electron chi connectivity index (χ3n) is 3.32. The number of hydrogen-bond acceptors (Lipinski definition) is 0. The maximum atomic E-state index is 3.94. The lowest BCUT2D eigenvalue weighted by Gasteiger charge is -2.27. The van der Waals surface area contributed by atoms with Crippen LogP contribution in [-0.2, 0) is 0 Å². The normalized spacial score (nSPS) is 16.6. The first-order valence-corrected chi connectivity index (χ1v) is 8.02. The third kappa shape index (κ3) is 2.72. The second-order valence-corrected chi connectivity index (χ2v) is 6.76. The molecule has 0 bridgehead atoms. The van der Waals surface area contributed by atoms with Crippen LogP contribution in [-0.4, -0.2) is 0 Å². The third-order valence-corrected chi connectivity index (χ3v) is 5.83. The molecule has 1 heteroatoms. The standard InChI is InChI=1S/C19H16P/c1-2-16-10-9-15-19(16)20(17-11-5-3-6-12-17)18-13-7-4-8-14-18/h2-15H,1H2. The van der Waals surface area contributed by atoms with Crippen molar-refractivity contribution in [2.45, 2.75) is 0 Å². The summed E-state index contributed by atoms with van der Waals surface area (Å²) in [4.78, 5) is 0. The van der Waals surface area contributed by atoms with E-state index in [4.69, 9.17) is 0 Å². The van der Waals surface area contributed by atoms with Gasteiger partial charge in [0.25, 0.3) is 0 Å². The largest absolute Gasteiger partial charge is 0.102 e. The van der Waals surface area contributed by atoms with Gasteiger partial charge in [0, 0.05) is 11.6 Å². The average molecular weight is 275 g/mol. The summed E-state index contributed by atoms with van der Waals surface area (Å²) >= 11 is 0. The molecule has 1 saturated carbocycles. The highest BCUT2D eigenvalue weighted by molar-refractivity contribution is 7.76. The van der Waals surface area contributed by atoms with Crippen LogP contribution in [0.15, 0.2) is 73.3 Å². The van der Waals surface area contributed by atoms with Crippen LogP contribution in [0.1, 0.15) is 0 Å². The van der Waals surface area contributed by atoms with E-state index in [1.165, 1.54) is 22.2 Å². The Morgan fingerprint density at radius 3 is 1.80 bits per heavy atom. The fourth-order valence-electron chi connectivity index (χ4n) is 2.38. The van der Waals surface area contributed by atoms with Crippen LogP contribution >= 0.6 is 7.92 Å². The Hall–Kier alpha value is -1.39. The maximum Gasteiger partial charge on any atom is 0.0235 e. The van der Waals surface area contributed by atoms with Crippen molar-refractivity contribution in [3.8, 4) is 0 Å². The van der Waals surface area contributed by atoms with Crippen molar-refractivity contribution >= 4 is 18.5 Å². The van der Waals surface area contributed by atoms with Gasteiger partial charge in [-0.25, -0.2) is 0 Å². The first-order valence-electron chi connectivity index (χ1n) is 6.68. The van der Waals surface area contributed by atoms with Crippen LogP contribution in [0.5, 0.6) is 0 Å². The smallest absolute Gasteiger partial charge is 0.0235 e. The molecule has 2 aromatic rings. The summed E-state index contributed by atoms with van der Waals surface area (Å²) in [6.07, 6.45) is 8.44. The second kappa shape index (κ2) is 6.37. The van der Waals surface area contributed by atoms with Gasteiger partial charge in [0.1, 0.15) is 0 Å². The van der Waals surface area contributed by atoms with Gasteiger partial charge in [-0.2, -0.15) is 0 Å². The zero-order chi connectivity index (χ0) is 13.8. The highest BCUT2D eigenvalue weighted by Gasteiger charge is 2.35. The summed E-state index contributed by atoms with van der Waals surface area (Å²) in [7, 11) is -0.507. The Morgan fingerprint density at radius 2 is 1.30 bits per heavy atom. The van der Waals surface area contributed by atoms with E-state index in [9.17, 15) is 0 Å². The van der Waals surface area contributed by atoms with E-state index in [0.717, 1.165) is 0 Å². The molecule has 0 amide bonds. The van der Waals surface area contributed by atoms with Crippen molar-refractivity contribution in [3.63, 3.8) is 0 Å². The molecular formula is C19H16P. The van der Waals surface area contributed by atoms with Crippen molar-refractivity contribution in [1.82, 2.24) is 0 Å². The molecule has 3 rings (SSSR count). The zero-order valence-electron chi connectivity index (χ0n) is 11.2. The van der Waals surface area contributed by atoms with Crippen LogP contribution in [0, 0.1) is 30.8 Å². The molecule has 5 radical (unpaired) electrons. The summed E-state index contributed by atoms with van der Waals surface area (Å²) in [5.41, 5.74) is 1.38. The van der Waals surface area contributed by atoms with E-state index in [-0.39, 0.29) is 0 Å². The van der Waals surface area contributed by atoms with Gasteiger partial charge in [0.05, 0.1) is 0 Å². The SMILES string of the molecule is C=C[C]1[CH][CH][CH][C]1P(c1ccccc1)c1ccccc1. The van der Waals surface area contributed by atoms with Crippen LogP contribution in [0.2, 0.25) is 0 Å². The molecule has 0 nitrogen and oxygen atoms in total. The molecule has 0 spiro atoms. The highest BCUT2D eigenvalue weighted by Crippen LogP contribution is 2.56. The molecule has 0 heterocycles. The Labute approximate surface area is 123 Å². The van der Waals surface area contributed by atoms with Gasteiger partial charge >= 0.3 is 0 Å². The topological polar surface area (TPSA) is 0 Å². The summed E-state index contributed by atoms with van der Waals surface area (Å²) in [5.74, 6) is 1.24. The van der Waals surface area contributed by atoms with Crippen molar-refractivity contribution in [1.29, 1.82) is 0 Å². The number of rotatable bonds is 4. The van der Waals surface area contributed by atoms with Gasteiger partial charge < -0.3 is 0 Å². The van der Waals surface area contributed by atoms with Crippen LogP contribution in [0.4, 0.5) is 0 Å². The number of benzene rings is 2. The monoisotopic (exact) mass is 275 g/mol. The summed E-state index contributed by atoms with van der Waals surface area (Å²) in [5, 5.41) is 2.76. The lowest BCUT2D eigenvalue weighted by Crippen LogP contribution is -2.18. The van der Waals surface area contributed by atoms with Crippen LogP contribution < -0.4 is 10.6 Å². The molecule has 0 atom stereocenters. The summed E-state index contributed by atoms with van der Waals surface area (Å²) < 4.78 is 0. The minimum absolute atomic E-state index is 0.507. The molecule has 0 aromatic heterocycles. The van der Waals surface area contributed by atoms with Gasteiger partial charge in [-0.1, -0.05) is 66.7 Å². The van der Waals surface area contributed by atoms with E-state index in [2.05, 4.69) is 86.5 Å². The Balaban J connectivity index is 2.02. The molecule has 1 aliphatic carbocycles. The Morgan fingerprint density at radius 1 is 0.750 bits per heavy atom. The second-order valence-electron chi connectivity index (χ2n) is 4.58. The van der Waals surface area contributed by atoms with Crippen LogP contribution in [0.3, 0.4) is 0 Å². The molecule has 20 heavy (non-hydrogen) atoms. The summed E-state index contributed by atoms with van der Waals surface area (Å²) in [6, 6.07) is 21.5. The first-order chi connectivity index (χ1) is 9.90. The minimum atomic E-state index is -0.507. The number of allylic oxidation sites excluding steroid dienone is 1. The molecule has 0 saturated heterocycles. The molecular weight excluding hydrogens is 259 g/mol. The van der Waals surface area contributed by atoms with Crippen molar-refractivity contribution < 1.29 is 0 Å². The highest BCUT2D eigenvalue weighted by atomic mass is 31.1. The molecule has 0 unspecified atom stereocenters. The fourth-order valence-corrected chi connectivity index (χ4v) is 4.84. The number of hydrogen-bond donors (Lipinski definition) is 0. The lowest BCUT2D eigenvalue weighted by molar-refractivity contribution is 1.34. The fraction of sp³-hybridized carbons (Fsp3) is 0. The summed E-state index contributed by atoms with van der Waals surface area (Å²) in [6.45, 7) is 3.94. The van der Waals surface area contributed by atoms with Crippen LogP contribution in [0.25, 0.3) is 0 Å². The van der Waals surface area contributed by atoms with Gasteiger partial charge in [-0.05, 0) is 37.8 Å². The Bertz CT molecular complexity index is 507. The molecule has 97 valence electrons. The van der Waals surface area contributed by atoms with E-state index < -0.39 is 7.92 Å².